The molecule has 3 rings (SSSR count). The van der Waals surface area contributed by atoms with Crippen LogP contribution < -0.4 is 11.2 Å². The van der Waals surface area contributed by atoms with Gasteiger partial charge in [-0.3, -0.25) is 4.79 Å². The molecule has 1 aromatic heterocycles. The number of amides is 1. The summed E-state index contributed by atoms with van der Waals surface area (Å²) >= 11 is 0. The number of nitrogens with one attached hydrogen (secondary N) is 2. The third-order valence-electron chi connectivity index (χ3n) is 3.20. The first-order valence-corrected chi connectivity index (χ1v) is 6.50. The molecule has 3 aromatic rings. The lowest BCUT2D eigenvalue weighted by Crippen LogP contribution is -2.18. The zero-order valence-electron chi connectivity index (χ0n) is 11.2. The lowest BCUT2D eigenvalue weighted by atomic mass is 10.2. The van der Waals surface area contributed by atoms with E-state index >= 15 is 0 Å². The second-order valence-electron chi connectivity index (χ2n) is 4.58. The largest absolute Gasteiger partial charge is 0.398 e. The lowest BCUT2D eigenvalue weighted by Gasteiger charge is -2.02. The first kappa shape index (κ1) is 12.9. The predicted molar refractivity (Wildman–Crippen MR) is 84.2 cm³/mol. The van der Waals surface area contributed by atoms with Crippen molar-refractivity contribution in [3.63, 3.8) is 0 Å². The number of nitrogens with zero attached hydrogens (tertiary/aromatic N) is 1. The zero-order valence-corrected chi connectivity index (χ0v) is 11.2. The van der Waals surface area contributed by atoms with Gasteiger partial charge in [-0.1, -0.05) is 30.3 Å². The second kappa shape index (κ2) is 5.50. The van der Waals surface area contributed by atoms with Crippen LogP contribution in [-0.2, 0) is 0 Å². The maximum atomic E-state index is 11.9. The smallest absolute Gasteiger partial charge is 0.273 e. The fourth-order valence-corrected chi connectivity index (χ4v) is 2.13. The molecule has 0 radical (unpaired) electrons. The predicted octanol–water partition coefficient (Wildman–Crippen LogP) is 2.51. The number of anilines is 1. The molecule has 0 saturated carbocycles. The van der Waals surface area contributed by atoms with Gasteiger partial charge in [-0.2, -0.15) is 5.10 Å². The number of H-pyrrole nitrogens is 1. The molecule has 1 amide bonds. The van der Waals surface area contributed by atoms with Gasteiger partial charge in [0.2, 0.25) is 0 Å². The van der Waals surface area contributed by atoms with E-state index in [2.05, 4.69) is 15.5 Å². The molecule has 0 atom stereocenters. The molecule has 1 heterocycles. The minimum Gasteiger partial charge on any atom is -0.398 e. The number of aromatic amines is 1. The second-order valence-corrected chi connectivity index (χ2v) is 4.58. The summed E-state index contributed by atoms with van der Waals surface area (Å²) in [6.07, 6.45) is 3.45. The van der Waals surface area contributed by atoms with Crippen LogP contribution in [0.4, 0.5) is 5.69 Å². The van der Waals surface area contributed by atoms with E-state index in [1.165, 1.54) is 0 Å². The molecule has 0 fully saturated rings. The summed E-state index contributed by atoms with van der Waals surface area (Å²) in [4.78, 5) is 15.1. The fourth-order valence-electron chi connectivity index (χ4n) is 2.13. The molecule has 5 heteroatoms. The number of hydrogen-bond acceptors (Lipinski definition) is 3. The number of carbonyl (C=O) groups is 1. The third-order valence-corrected chi connectivity index (χ3v) is 3.20. The van der Waals surface area contributed by atoms with Crippen LogP contribution in [-0.4, -0.2) is 17.1 Å². The summed E-state index contributed by atoms with van der Waals surface area (Å²) in [5.41, 5.74) is 11.0. The highest BCUT2D eigenvalue weighted by atomic mass is 16.2. The summed E-state index contributed by atoms with van der Waals surface area (Å²) < 4.78 is 0. The van der Waals surface area contributed by atoms with E-state index in [4.69, 9.17) is 5.73 Å². The Labute approximate surface area is 121 Å². The SMILES string of the molecule is Nc1ccccc1C(=O)N/N=C\c1c[nH]c2ccccc12. The van der Waals surface area contributed by atoms with Crippen LogP contribution in [0.5, 0.6) is 0 Å². The topological polar surface area (TPSA) is 83.3 Å². The van der Waals surface area contributed by atoms with Crippen LogP contribution in [0.1, 0.15) is 15.9 Å². The van der Waals surface area contributed by atoms with E-state index in [1.54, 1.807) is 30.5 Å². The van der Waals surface area contributed by atoms with E-state index in [0.717, 1.165) is 16.5 Å². The molecule has 0 spiro atoms. The maximum absolute atomic E-state index is 11.9. The van der Waals surface area contributed by atoms with Gasteiger partial charge in [0.25, 0.3) is 5.91 Å². The van der Waals surface area contributed by atoms with Gasteiger partial charge in [-0.15, -0.1) is 0 Å². The van der Waals surface area contributed by atoms with Crippen molar-refractivity contribution in [2.75, 3.05) is 5.73 Å². The Morgan fingerprint density at radius 1 is 1.14 bits per heavy atom. The Balaban J connectivity index is 1.76. The van der Waals surface area contributed by atoms with Crippen LogP contribution in [0.2, 0.25) is 0 Å². The van der Waals surface area contributed by atoms with E-state index in [-0.39, 0.29) is 5.91 Å². The standard InChI is InChI=1S/C16H14N4O/c17-14-7-3-1-6-13(14)16(21)20-19-10-11-9-18-15-8-4-2-5-12(11)15/h1-10,18H,17H2,(H,20,21)/b19-10-. The van der Waals surface area contributed by atoms with Gasteiger partial charge in [0.05, 0.1) is 11.8 Å². The molecule has 104 valence electrons. The van der Waals surface area contributed by atoms with Gasteiger partial charge in [-0.05, 0) is 18.2 Å². The number of carbonyl (C=O) groups excluding carboxylic acids is 1. The molecular formula is C16H14N4O. The van der Waals surface area contributed by atoms with Crippen LogP contribution in [0.3, 0.4) is 0 Å². The molecule has 21 heavy (non-hydrogen) atoms. The van der Waals surface area contributed by atoms with Gasteiger partial charge in [0, 0.05) is 28.4 Å². The monoisotopic (exact) mass is 278 g/mol. The van der Waals surface area contributed by atoms with Gasteiger partial charge in [0.15, 0.2) is 0 Å². The molecule has 0 aliphatic heterocycles. The molecule has 4 N–H and O–H groups in total. The third kappa shape index (κ3) is 2.62. The van der Waals surface area contributed by atoms with Crippen molar-refractivity contribution in [2.45, 2.75) is 0 Å². The summed E-state index contributed by atoms with van der Waals surface area (Å²) in [6.45, 7) is 0. The van der Waals surface area contributed by atoms with E-state index < -0.39 is 0 Å². The molecule has 0 aliphatic carbocycles. The summed E-state index contributed by atoms with van der Waals surface area (Å²) in [5.74, 6) is -0.329. The number of benzene rings is 2. The molecule has 2 aromatic carbocycles. The average Bonchev–Trinajstić information content (AvgIpc) is 2.91. The number of para-hydroxylation sites is 2. The van der Waals surface area contributed by atoms with E-state index in [9.17, 15) is 4.79 Å². The lowest BCUT2D eigenvalue weighted by molar-refractivity contribution is 0.0956. The summed E-state index contributed by atoms with van der Waals surface area (Å²) in [5, 5.41) is 5.03. The van der Waals surface area contributed by atoms with Crippen molar-refractivity contribution in [3.8, 4) is 0 Å². The average molecular weight is 278 g/mol. The number of hydrogen-bond donors (Lipinski definition) is 3. The van der Waals surface area contributed by atoms with Crippen molar-refractivity contribution < 1.29 is 4.79 Å². The minimum absolute atomic E-state index is 0.329. The number of nitrogens with two attached hydrogens (primary N) is 1. The maximum Gasteiger partial charge on any atom is 0.273 e. The first-order valence-electron chi connectivity index (χ1n) is 6.50. The Kier molecular flexibility index (Phi) is 3.39. The van der Waals surface area contributed by atoms with Crippen molar-refractivity contribution in [2.24, 2.45) is 5.10 Å². The Morgan fingerprint density at radius 3 is 2.76 bits per heavy atom. The number of fused-ring (bicyclic) bond motifs is 1. The van der Waals surface area contributed by atoms with Crippen LogP contribution >= 0.6 is 0 Å². The Morgan fingerprint density at radius 2 is 1.90 bits per heavy atom. The van der Waals surface area contributed by atoms with Crippen molar-refractivity contribution in [1.82, 2.24) is 10.4 Å². The quantitative estimate of drug-likeness (QED) is 0.391. The Hall–Kier alpha value is -3.08. The highest BCUT2D eigenvalue weighted by Gasteiger charge is 2.07. The minimum atomic E-state index is -0.329. The van der Waals surface area contributed by atoms with Gasteiger partial charge in [0.1, 0.15) is 0 Å². The zero-order chi connectivity index (χ0) is 14.7. The van der Waals surface area contributed by atoms with E-state index in [0.29, 0.717) is 11.3 Å². The van der Waals surface area contributed by atoms with Gasteiger partial charge >= 0.3 is 0 Å². The van der Waals surface area contributed by atoms with Crippen molar-refractivity contribution in [1.29, 1.82) is 0 Å². The fraction of sp³-hybridized carbons (Fsp3) is 0. The first-order chi connectivity index (χ1) is 10.3. The number of hydrazone groups is 1. The Bertz CT molecular complexity index is 820. The van der Waals surface area contributed by atoms with Gasteiger partial charge < -0.3 is 10.7 Å². The van der Waals surface area contributed by atoms with E-state index in [1.807, 2.05) is 30.5 Å². The number of aromatic nitrogens is 1. The van der Waals surface area contributed by atoms with Gasteiger partial charge in [-0.25, -0.2) is 5.43 Å². The molecule has 0 bridgehead atoms. The molecule has 0 unspecified atom stereocenters. The summed E-state index contributed by atoms with van der Waals surface area (Å²) in [6, 6.07) is 14.8. The molecule has 0 aliphatic rings. The van der Waals surface area contributed by atoms with Crippen molar-refractivity contribution in [3.05, 3.63) is 65.9 Å². The highest BCUT2D eigenvalue weighted by Crippen LogP contribution is 2.15. The summed E-state index contributed by atoms with van der Waals surface area (Å²) in [7, 11) is 0. The van der Waals surface area contributed by atoms with Crippen LogP contribution in [0, 0.1) is 0 Å². The normalized spacial score (nSPS) is 11.0. The van der Waals surface area contributed by atoms with Crippen LogP contribution in [0.15, 0.2) is 59.8 Å². The molecule has 0 saturated heterocycles. The number of nitrogen functional groups attached to an aromatic ring is 1. The van der Waals surface area contributed by atoms with Crippen molar-refractivity contribution >= 4 is 28.7 Å². The molecular weight excluding hydrogens is 264 g/mol. The van der Waals surface area contributed by atoms with Crippen LogP contribution in [0.25, 0.3) is 10.9 Å². The number of rotatable bonds is 3. The molecule has 5 nitrogen and oxygen atoms in total. The highest BCUT2D eigenvalue weighted by molar-refractivity contribution is 6.01.